The van der Waals surface area contributed by atoms with Gasteiger partial charge in [-0.1, -0.05) is 0 Å². The number of hydrogen-bond acceptors (Lipinski definition) is 4. The molecule has 0 atom stereocenters. The molecule has 0 unspecified atom stereocenters. The summed E-state index contributed by atoms with van der Waals surface area (Å²) in [5, 5.41) is 3.34. The van der Waals surface area contributed by atoms with Crippen molar-refractivity contribution < 1.29 is 9.21 Å². The fraction of sp³-hybridized carbons (Fsp3) is 0.231. The lowest BCUT2D eigenvalue weighted by Gasteiger charge is -1.94. The molecule has 2 heterocycles. The van der Waals surface area contributed by atoms with Gasteiger partial charge in [-0.15, -0.1) is 11.3 Å². The van der Waals surface area contributed by atoms with Crippen LogP contribution in [-0.4, -0.2) is 10.9 Å². The van der Waals surface area contributed by atoms with E-state index in [-0.39, 0.29) is 5.91 Å². The van der Waals surface area contributed by atoms with E-state index in [1.54, 1.807) is 6.08 Å². The summed E-state index contributed by atoms with van der Waals surface area (Å²) >= 11 is 1.47. The van der Waals surface area contributed by atoms with Crippen LogP contribution < -0.4 is 5.32 Å². The molecule has 5 heteroatoms. The number of furan rings is 1. The van der Waals surface area contributed by atoms with E-state index in [1.807, 2.05) is 32.9 Å². The van der Waals surface area contributed by atoms with Gasteiger partial charge in [0.1, 0.15) is 11.5 Å². The third-order valence-electron chi connectivity index (χ3n) is 2.42. The lowest BCUT2D eigenvalue weighted by molar-refractivity contribution is -0.111. The Kier molecular flexibility index (Phi) is 3.62. The first-order chi connectivity index (χ1) is 8.54. The van der Waals surface area contributed by atoms with Crippen LogP contribution in [0.1, 0.15) is 22.1 Å². The van der Waals surface area contributed by atoms with E-state index in [1.165, 1.54) is 17.4 Å². The molecule has 0 aromatic carbocycles. The van der Waals surface area contributed by atoms with Gasteiger partial charge < -0.3 is 4.42 Å². The van der Waals surface area contributed by atoms with Crippen molar-refractivity contribution in [1.82, 2.24) is 4.98 Å². The molecular weight excluding hydrogens is 248 g/mol. The summed E-state index contributed by atoms with van der Waals surface area (Å²) in [6.07, 6.45) is 3.07. The maximum absolute atomic E-state index is 11.6. The number of nitrogens with zero attached hydrogens (tertiary/aromatic N) is 1. The van der Waals surface area contributed by atoms with Crippen molar-refractivity contribution in [2.45, 2.75) is 20.8 Å². The number of hydrogen-bond donors (Lipinski definition) is 1. The van der Waals surface area contributed by atoms with Gasteiger partial charge in [-0.05, 0) is 39.0 Å². The number of aromatic nitrogens is 1. The molecule has 1 amide bonds. The van der Waals surface area contributed by atoms with Gasteiger partial charge in [0.25, 0.3) is 0 Å². The van der Waals surface area contributed by atoms with Crippen molar-refractivity contribution in [3.05, 3.63) is 40.3 Å². The average Bonchev–Trinajstić information content (AvgIpc) is 2.84. The lowest BCUT2D eigenvalue weighted by Crippen LogP contribution is -2.07. The highest BCUT2D eigenvalue weighted by molar-refractivity contribution is 7.15. The number of amides is 1. The van der Waals surface area contributed by atoms with Crippen LogP contribution in [0.3, 0.4) is 0 Å². The van der Waals surface area contributed by atoms with Gasteiger partial charge in [0.15, 0.2) is 5.13 Å². The van der Waals surface area contributed by atoms with Crippen LogP contribution in [0.15, 0.2) is 22.6 Å². The van der Waals surface area contributed by atoms with Gasteiger partial charge >= 0.3 is 0 Å². The summed E-state index contributed by atoms with van der Waals surface area (Å²) in [5.74, 6) is 1.27. The minimum absolute atomic E-state index is 0.210. The number of nitrogens with one attached hydrogen (secondary N) is 1. The Balaban J connectivity index is 1.98. The molecule has 0 aliphatic rings. The van der Waals surface area contributed by atoms with Crippen molar-refractivity contribution in [2.24, 2.45) is 0 Å². The first kappa shape index (κ1) is 12.6. The molecule has 0 spiro atoms. The van der Waals surface area contributed by atoms with E-state index in [2.05, 4.69) is 10.3 Å². The highest BCUT2D eigenvalue weighted by Crippen LogP contribution is 2.21. The quantitative estimate of drug-likeness (QED) is 0.863. The molecule has 0 saturated heterocycles. The third kappa shape index (κ3) is 3.07. The lowest BCUT2D eigenvalue weighted by atomic mass is 10.4. The minimum atomic E-state index is -0.210. The van der Waals surface area contributed by atoms with Gasteiger partial charge in [-0.3, -0.25) is 10.1 Å². The van der Waals surface area contributed by atoms with Crippen molar-refractivity contribution in [2.75, 3.05) is 5.32 Å². The Bertz CT molecular complexity index is 576. The number of carbonyl (C=O) groups is 1. The summed E-state index contributed by atoms with van der Waals surface area (Å²) in [6, 6.07) is 3.67. The van der Waals surface area contributed by atoms with Crippen LogP contribution in [-0.2, 0) is 4.79 Å². The summed E-state index contributed by atoms with van der Waals surface area (Å²) in [6.45, 7) is 5.76. The largest absolute Gasteiger partial charge is 0.462 e. The maximum atomic E-state index is 11.6. The SMILES string of the molecule is Cc1ccc(/C=C/C(=O)Nc2nc(C)c(C)s2)o1. The molecule has 0 saturated carbocycles. The van der Waals surface area contributed by atoms with E-state index < -0.39 is 0 Å². The zero-order chi connectivity index (χ0) is 13.1. The fourth-order valence-corrected chi connectivity index (χ4v) is 2.19. The summed E-state index contributed by atoms with van der Waals surface area (Å²) in [4.78, 5) is 17.0. The van der Waals surface area contributed by atoms with Gasteiger partial charge in [-0.2, -0.15) is 0 Å². The number of thiazole rings is 1. The Labute approximate surface area is 109 Å². The minimum Gasteiger partial charge on any atom is -0.462 e. The van der Waals surface area contributed by atoms with Gasteiger partial charge in [0, 0.05) is 11.0 Å². The van der Waals surface area contributed by atoms with Crippen LogP contribution in [0.5, 0.6) is 0 Å². The number of carbonyl (C=O) groups excluding carboxylic acids is 1. The summed E-state index contributed by atoms with van der Waals surface area (Å²) < 4.78 is 5.33. The fourth-order valence-electron chi connectivity index (χ4n) is 1.37. The molecule has 2 aromatic rings. The zero-order valence-electron chi connectivity index (χ0n) is 10.5. The highest BCUT2D eigenvalue weighted by Gasteiger charge is 2.05. The van der Waals surface area contributed by atoms with Crippen LogP contribution in [0, 0.1) is 20.8 Å². The Morgan fingerprint density at radius 1 is 1.39 bits per heavy atom. The van der Waals surface area contributed by atoms with E-state index >= 15 is 0 Å². The van der Waals surface area contributed by atoms with Gasteiger partial charge in [0.2, 0.25) is 5.91 Å². The van der Waals surface area contributed by atoms with Crippen molar-refractivity contribution in [3.8, 4) is 0 Å². The summed E-state index contributed by atoms with van der Waals surface area (Å²) in [5.41, 5.74) is 0.945. The Morgan fingerprint density at radius 2 is 2.17 bits per heavy atom. The molecule has 0 aliphatic carbocycles. The topological polar surface area (TPSA) is 55.1 Å². The first-order valence-electron chi connectivity index (χ1n) is 5.54. The second-order valence-corrected chi connectivity index (χ2v) is 5.13. The molecule has 0 radical (unpaired) electrons. The molecule has 0 aliphatic heterocycles. The Morgan fingerprint density at radius 3 is 2.72 bits per heavy atom. The van der Waals surface area contributed by atoms with Crippen LogP contribution >= 0.6 is 11.3 Å². The van der Waals surface area contributed by atoms with E-state index in [0.29, 0.717) is 10.9 Å². The average molecular weight is 262 g/mol. The van der Waals surface area contributed by atoms with Crippen LogP contribution in [0.25, 0.3) is 6.08 Å². The number of aryl methyl sites for hydroxylation is 3. The number of rotatable bonds is 3. The monoisotopic (exact) mass is 262 g/mol. The first-order valence-corrected chi connectivity index (χ1v) is 6.36. The molecule has 0 fully saturated rings. The van der Waals surface area contributed by atoms with Gasteiger partial charge in [0.05, 0.1) is 5.69 Å². The summed E-state index contributed by atoms with van der Waals surface area (Å²) in [7, 11) is 0. The van der Waals surface area contributed by atoms with Gasteiger partial charge in [-0.25, -0.2) is 4.98 Å². The van der Waals surface area contributed by atoms with E-state index in [9.17, 15) is 4.79 Å². The second-order valence-electron chi connectivity index (χ2n) is 3.93. The zero-order valence-corrected chi connectivity index (χ0v) is 11.3. The molecule has 1 N–H and O–H groups in total. The highest BCUT2D eigenvalue weighted by atomic mass is 32.1. The predicted molar refractivity (Wildman–Crippen MR) is 72.7 cm³/mol. The third-order valence-corrected chi connectivity index (χ3v) is 3.41. The normalized spacial score (nSPS) is 11.1. The molecule has 0 bridgehead atoms. The molecule has 18 heavy (non-hydrogen) atoms. The van der Waals surface area contributed by atoms with E-state index in [4.69, 9.17) is 4.42 Å². The van der Waals surface area contributed by atoms with Crippen molar-refractivity contribution in [3.63, 3.8) is 0 Å². The number of anilines is 1. The molecule has 94 valence electrons. The molecule has 2 aromatic heterocycles. The smallest absolute Gasteiger partial charge is 0.250 e. The van der Waals surface area contributed by atoms with Crippen LogP contribution in [0.4, 0.5) is 5.13 Å². The molecule has 2 rings (SSSR count). The van der Waals surface area contributed by atoms with E-state index in [0.717, 1.165) is 16.3 Å². The standard InChI is InChI=1S/C13H14N2O2S/c1-8-4-5-11(17-8)6-7-12(16)15-13-14-9(2)10(3)18-13/h4-7H,1-3H3,(H,14,15,16)/b7-6+. The predicted octanol–water partition coefficient (Wildman–Crippen LogP) is 3.31. The van der Waals surface area contributed by atoms with Crippen molar-refractivity contribution in [1.29, 1.82) is 0 Å². The van der Waals surface area contributed by atoms with Crippen LogP contribution in [0.2, 0.25) is 0 Å². The molecular formula is C13H14N2O2S. The second kappa shape index (κ2) is 5.18. The maximum Gasteiger partial charge on any atom is 0.250 e. The molecule has 4 nitrogen and oxygen atoms in total. The Hall–Kier alpha value is -1.88. The van der Waals surface area contributed by atoms with Crippen molar-refractivity contribution >= 4 is 28.5 Å².